The fourth-order valence-electron chi connectivity index (χ4n) is 4.32. The van der Waals surface area contributed by atoms with Gasteiger partial charge in [-0.05, 0) is 68.2 Å². The van der Waals surface area contributed by atoms with Crippen molar-refractivity contribution in [2.45, 2.75) is 25.3 Å². The molecule has 0 bridgehead atoms. The van der Waals surface area contributed by atoms with Crippen molar-refractivity contribution in [2.24, 2.45) is 0 Å². The Morgan fingerprint density at radius 2 is 1.87 bits per heavy atom. The first-order chi connectivity index (χ1) is 14.7. The first-order valence-corrected chi connectivity index (χ1v) is 10.6. The van der Waals surface area contributed by atoms with Crippen molar-refractivity contribution in [1.82, 2.24) is 5.32 Å². The summed E-state index contributed by atoms with van der Waals surface area (Å²) in [7, 11) is 0. The molecule has 1 fully saturated rings. The number of benzene rings is 2. The number of hydrogen-bond acceptors (Lipinski definition) is 6. The molecule has 0 amide bonds. The van der Waals surface area contributed by atoms with E-state index in [4.69, 9.17) is 25.5 Å². The number of rotatable bonds is 5. The predicted octanol–water partition coefficient (Wildman–Crippen LogP) is 3.98. The number of ether oxygens (including phenoxy) is 2. The molecule has 6 nitrogen and oxygen atoms in total. The lowest BCUT2D eigenvalue weighted by molar-refractivity contribution is 0.174. The summed E-state index contributed by atoms with van der Waals surface area (Å²) in [5.41, 5.74) is 2.27. The lowest BCUT2D eigenvalue weighted by Gasteiger charge is -2.37. The van der Waals surface area contributed by atoms with Gasteiger partial charge < -0.3 is 24.1 Å². The van der Waals surface area contributed by atoms with E-state index in [1.807, 2.05) is 18.2 Å². The minimum Gasteiger partial charge on any atom is -0.454 e. The second-order valence-corrected chi connectivity index (χ2v) is 8.14. The Morgan fingerprint density at radius 1 is 1.03 bits per heavy atom. The van der Waals surface area contributed by atoms with E-state index in [2.05, 4.69) is 16.3 Å². The smallest absolute Gasteiger partial charge is 0.338 e. The van der Waals surface area contributed by atoms with E-state index >= 15 is 0 Å². The molecule has 30 heavy (non-hydrogen) atoms. The van der Waals surface area contributed by atoms with Gasteiger partial charge in [-0.15, -0.1) is 0 Å². The van der Waals surface area contributed by atoms with Gasteiger partial charge in [0.15, 0.2) is 11.5 Å². The van der Waals surface area contributed by atoms with Crippen LogP contribution in [-0.4, -0.2) is 32.5 Å². The molecule has 0 spiro atoms. The Hall–Kier alpha value is -2.70. The number of nitrogens with zero attached hydrogens (tertiary/aromatic N) is 1. The normalized spacial score (nSPS) is 16.2. The van der Waals surface area contributed by atoms with Gasteiger partial charge in [-0.2, -0.15) is 0 Å². The lowest BCUT2D eigenvalue weighted by atomic mass is 10.0. The van der Waals surface area contributed by atoms with Gasteiger partial charge in [0, 0.05) is 29.1 Å². The van der Waals surface area contributed by atoms with E-state index in [9.17, 15) is 4.79 Å². The fraction of sp³-hybridized carbons (Fsp3) is 0.348. The third-order valence-corrected chi connectivity index (χ3v) is 6.06. The predicted molar refractivity (Wildman–Crippen MR) is 117 cm³/mol. The minimum absolute atomic E-state index is 0.270. The number of fused-ring (bicyclic) bond motifs is 2. The molecule has 2 aliphatic heterocycles. The standard InChI is InChI=1S/C23H23ClN2O4/c24-16-2-4-20-18(12-16)19(13-23(27)30-20)26(17-5-8-25-9-6-17)10-7-15-1-3-21-22(11-15)29-14-28-21/h1-4,11-13,17,25H,5-10,14H2. The third-order valence-electron chi connectivity index (χ3n) is 5.82. The lowest BCUT2D eigenvalue weighted by Crippen LogP contribution is -2.44. The zero-order valence-electron chi connectivity index (χ0n) is 16.5. The second-order valence-electron chi connectivity index (χ2n) is 7.70. The Balaban J connectivity index is 1.50. The van der Waals surface area contributed by atoms with E-state index in [-0.39, 0.29) is 12.4 Å². The van der Waals surface area contributed by atoms with E-state index in [0.717, 1.165) is 61.5 Å². The summed E-state index contributed by atoms with van der Waals surface area (Å²) in [5, 5.41) is 4.91. The molecule has 0 radical (unpaired) electrons. The first-order valence-electron chi connectivity index (χ1n) is 10.3. The quantitative estimate of drug-likeness (QED) is 0.623. The first kappa shape index (κ1) is 19.3. The third kappa shape index (κ3) is 3.85. The summed E-state index contributed by atoms with van der Waals surface area (Å²) in [4.78, 5) is 14.7. The van der Waals surface area contributed by atoms with Gasteiger partial charge in [0.1, 0.15) is 5.58 Å². The van der Waals surface area contributed by atoms with Crippen molar-refractivity contribution in [3.63, 3.8) is 0 Å². The van der Waals surface area contributed by atoms with Crippen LogP contribution in [0.25, 0.3) is 11.0 Å². The molecular formula is C23H23ClN2O4. The van der Waals surface area contributed by atoms with Crippen LogP contribution in [0.5, 0.6) is 11.5 Å². The molecule has 0 saturated carbocycles. The summed E-state index contributed by atoms with van der Waals surface area (Å²) < 4.78 is 16.4. The zero-order valence-corrected chi connectivity index (χ0v) is 17.3. The Bertz CT molecular complexity index is 1120. The molecule has 1 N–H and O–H groups in total. The van der Waals surface area contributed by atoms with Crippen molar-refractivity contribution in [3.8, 4) is 11.5 Å². The van der Waals surface area contributed by atoms with Gasteiger partial charge in [0.2, 0.25) is 6.79 Å². The van der Waals surface area contributed by atoms with Crippen molar-refractivity contribution in [2.75, 3.05) is 31.3 Å². The number of piperidine rings is 1. The summed E-state index contributed by atoms with van der Waals surface area (Å²) in [6.45, 7) is 2.97. The van der Waals surface area contributed by atoms with Crippen LogP contribution in [0.2, 0.25) is 5.02 Å². The summed E-state index contributed by atoms with van der Waals surface area (Å²) in [5.74, 6) is 1.58. The van der Waals surface area contributed by atoms with Crippen molar-refractivity contribution in [1.29, 1.82) is 0 Å². The monoisotopic (exact) mass is 426 g/mol. The molecular weight excluding hydrogens is 404 g/mol. The summed E-state index contributed by atoms with van der Waals surface area (Å²) in [6, 6.07) is 13.4. The fourth-order valence-corrected chi connectivity index (χ4v) is 4.49. The molecule has 0 aliphatic carbocycles. The average molecular weight is 427 g/mol. The van der Waals surface area contributed by atoms with E-state index < -0.39 is 0 Å². The van der Waals surface area contributed by atoms with E-state index in [1.54, 1.807) is 18.2 Å². The molecule has 5 rings (SSSR count). The molecule has 2 aromatic carbocycles. The minimum atomic E-state index is -0.346. The Labute approximate surface area is 179 Å². The molecule has 2 aliphatic rings. The maximum atomic E-state index is 12.3. The largest absolute Gasteiger partial charge is 0.454 e. The second kappa shape index (κ2) is 8.20. The van der Waals surface area contributed by atoms with Gasteiger partial charge in [-0.3, -0.25) is 0 Å². The molecule has 3 aromatic rings. The van der Waals surface area contributed by atoms with Crippen LogP contribution in [0.15, 0.2) is 51.7 Å². The summed E-state index contributed by atoms with van der Waals surface area (Å²) in [6.07, 6.45) is 2.86. The highest BCUT2D eigenvalue weighted by atomic mass is 35.5. The molecule has 0 atom stereocenters. The maximum Gasteiger partial charge on any atom is 0.338 e. The van der Waals surface area contributed by atoms with Crippen LogP contribution in [0.3, 0.4) is 0 Å². The van der Waals surface area contributed by atoms with E-state index in [0.29, 0.717) is 16.6 Å². The van der Waals surface area contributed by atoms with Gasteiger partial charge >= 0.3 is 5.63 Å². The number of hydrogen-bond donors (Lipinski definition) is 1. The van der Waals surface area contributed by atoms with Crippen molar-refractivity contribution >= 4 is 28.3 Å². The highest BCUT2D eigenvalue weighted by Crippen LogP contribution is 2.34. The van der Waals surface area contributed by atoms with Crippen LogP contribution in [0, 0.1) is 0 Å². The van der Waals surface area contributed by atoms with Crippen LogP contribution >= 0.6 is 11.6 Å². The zero-order chi connectivity index (χ0) is 20.5. The average Bonchev–Trinajstić information content (AvgIpc) is 3.23. The van der Waals surface area contributed by atoms with Crippen LogP contribution < -0.4 is 25.3 Å². The number of anilines is 1. The van der Waals surface area contributed by atoms with Crippen LogP contribution in [0.4, 0.5) is 5.69 Å². The highest BCUT2D eigenvalue weighted by Gasteiger charge is 2.24. The number of nitrogens with one attached hydrogen (secondary N) is 1. The van der Waals surface area contributed by atoms with Crippen LogP contribution in [-0.2, 0) is 6.42 Å². The van der Waals surface area contributed by atoms with Gasteiger partial charge in [0.05, 0.1) is 5.69 Å². The molecule has 1 aromatic heterocycles. The summed E-state index contributed by atoms with van der Waals surface area (Å²) >= 11 is 6.27. The molecule has 1 saturated heterocycles. The molecule has 7 heteroatoms. The highest BCUT2D eigenvalue weighted by molar-refractivity contribution is 6.31. The Morgan fingerprint density at radius 3 is 2.73 bits per heavy atom. The maximum absolute atomic E-state index is 12.3. The molecule has 3 heterocycles. The van der Waals surface area contributed by atoms with Gasteiger partial charge in [-0.25, -0.2) is 4.79 Å². The SMILES string of the molecule is O=c1cc(N(CCc2ccc3c(c2)OCO3)C2CCNCC2)c2cc(Cl)ccc2o1. The van der Waals surface area contributed by atoms with Gasteiger partial charge in [-0.1, -0.05) is 17.7 Å². The van der Waals surface area contributed by atoms with Gasteiger partial charge in [0.25, 0.3) is 0 Å². The van der Waals surface area contributed by atoms with Crippen molar-refractivity contribution in [3.05, 3.63) is 63.5 Å². The Kier molecular flexibility index (Phi) is 5.27. The van der Waals surface area contributed by atoms with Crippen molar-refractivity contribution < 1.29 is 13.9 Å². The number of halogens is 1. The topological polar surface area (TPSA) is 63.9 Å². The van der Waals surface area contributed by atoms with E-state index in [1.165, 1.54) is 5.56 Å². The van der Waals surface area contributed by atoms with Crippen LogP contribution in [0.1, 0.15) is 18.4 Å². The molecule has 0 unspecified atom stereocenters. The molecule has 156 valence electrons.